The summed E-state index contributed by atoms with van der Waals surface area (Å²) in [5, 5.41) is 0. The molecule has 4 unspecified atom stereocenters. The second kappa shape index (κ2) is 6.64. The fraction of sp³-hybridized carbons (Fsp3) is 0.625. The van der Waals surface area contributed by atoms with E-state index in [-0.39, 0.29) is 12.7 Å². The zero-order chi connectivity index (χ0) is 14.7. The van der Waals surface area contributed by atoms with Gasteiger partial charge in [0.05, 0.1) is 18.8 Å². The molecule has 0 radical (unpaired) electrons. The van der Waals surface area contributed by atoms with E-state index in [0.29, 0.717) is 11.5 Å². The van der Waals surface area contributed by atoms with Crippen molar-refractivity contribution in [1.82, 2.24) is 0 Å². The lowest BCUT2D eigenvalue weighted by atomic mass is 9.80. The molecule has 1 aromatic carbocycles. The monoisotopic (exact) mass is 283 g/mol. The minimum Gasteiger partial charge on any atom is -0.376 e. The molecule has 4 heteroatoms. The molecule has 4 atom stereocenters. The number of benzene rings is 1. The van der Waals surface area contributed by atoms with Crippen molar-refractivity contribution < 1.29 is 13.5 Å². The van der Waals surface area contributed by atoms with Crippen LogP contribution >= 0.6 is 0 Å². The molecule has 112 valence electrons. The molecule has 1 aromatic rings. The third kappa shape index (κ3) is 3.76. The summed E-state index contributed by atoms with van der Waals surface area (Å²) in [6.07, 6.45) is 3.42. The summed E-state index contributed by atoms with van der Waals surface area (Å²) in [6.45, 7) is 4.77. The standard InChI is InChI=1S/C16H23F2NO/c1-10-3-5-13(7-11(10)2)20-9-16(19)14-6-4-12(17)8-15(14)18/h4,6,8,10-11,13,16H,3,5,7,9,19H2,1-2H3. The molecule has 0 amide bonds. The van der Waals surface area contributed by atoms with Crippen LogP contribution in [-0.2, 0) is 4.74 Å². The van der Waals surface area contributed by atoms with Crippen molar-refractivity contribution in [2.75, 3.05) is 6.61 Å². The van der Waals surface area contributed by atoms with E-state index in [4.69, 9.17) is 10.5 Å². The maximum Gasteiger partial charge on any atom is 0.130 e. The summed E-state index contributed by atoms with van der Waals surface area (Å²) in [6, 6.07) is 2.93. The number of ether oxygens (including phenoxy) is 1. The fourth-order valence-electron chi connectivity index (χ4n) is 2.78. The molecule has 0 aliphatic heterocycles. The average molecular weight is 283 g/mol. The van der Waals surface area contributed by atoms with Crippen molar-refractivity contribution in [2.45, 2.75) is 45.3 Å². The predicted octanol–water partition coefficient (Wildman–Crippen LogP) is 3.81. The van der Waals surface area contributed by atoms with E-state index in [1.54, 1.807) is 0 Å². The summed E-state index contributed by atoms with van der Waals surface area (Å²) in [5.41, 5.74) is 6.25. The van der Waals surface area contributed by atoms with Crippen molar-refractivity contribution in [3.05, 3.63) is 35.4 Å². The third-order valence-corrected chi connectivity index (χ3v) is 4.42. The van der Waals surface area contributed by atoms with Gasteiger partial charge in [-0.25, -0.2) is 8.78 Å². The Bertz CT molecular complexity index is 452. The minimum atomic E-state index is -0.605. The smallest absolute Gasteiger partial charge is 0.130 e. The highest BCUT2D eigenvalue weighted by atomic mass is 19.1. The van der Waals surface area contributed by atoms with Crippen molar-refractivity contribution in [3.8, 4) is 0 Å². The van der Waals surface area contributed by atoms with Gasteiger partial charge in [0.1, 0.15) is 11.6 Å². The van der Waals surface area contributed by atoms with Crippen LogP contribution in [-0.4, -0.2) is 12.7 Å². The van der Waals surface area contributed by atoms with Crippen LogP contribution in [0.4, 0.5) is 8.78 Å². The molecule has 0 spiro atoms. The fourth-order valence-corrected chi connectivity index (χ4v) is 2.78. The summed E-state index contributed by atoms with van der Waals surface area (Å²) < 4.78 is 32.3. The molecular formula is C16H23F2NO. The van der Waals surface area contributed by atoms with Crippen LogP contribution in [0.3, 0.4) is 0 Å². The maximum atomic E-state index is 13.6. The molecule has 0 heterocycles. The van der Waals surface area contributed by atoms with Crippen LogP contribution in [0.5, 0.6) is 0 Å². The SMILES string of the molecule is CC1CCC(OCC(N)c2ccc(F)cc2F)CC1C. The lowest BCUT2D eigenvalue weighted by Gasteiger charge is -2.32. The highest BCUT2D eigenvalue weighted by molar-refractivity contribution is 5.21. The van der Waals surface area contributed by atoms with E-state index in [1.807, 2.05) is 0 Å². The van der Waals surface area contributed by atoms with E-state index in [9.17, 15) is 8.78 Å². The Balaban J connectivity index is 1.87. The first-order valence-electron chi connectivity index (χ1n) is 7.29. The van der Waals surface area contributed by atoms with Crippen LogP contribution in [0.2, 0.25) is 0 Å². The molecule has 1 saturated carbocycles. The van der Waals surface area contributed by atoms with Gasteiger partial charge >= 0.3 is 0 Å². The Labute approximate surface area is 119 Å². The van der Waals surface area contributed by atoms with Crippen LogP contribution < -0.4 is 5.73 Å². The topological polar surface area (TPSA) is 35.2 Å². The zero-order valence-electron chi connectivity index (χ0n) is 12.1. The Morgan fingerprint density at radius 1 is 1.25 bits per heavy atom. The minimum absolute atomic E-state index is 0.204. The Hall–Kier alpha value is -1.00. The van der Waals surface area contributed by atoms with E-state index in [2.05, 4.69) is 13.8 Å². The van der Waals surface area contributed by atoms with Crippen molar-refractivity contribution in [2.24, 2.45) is 17.6 Å². The molecule has 0 bridgehead atoms. The van der Waals surface area contributed by atoms with E-state index in [0.717, 1.165) is 31.2 Å². The van der Waals surface area contributed by atoms with E-state index in [1.165, 1.54) is 12.1 Å². The molecule has 20 heavy (non-hydrogen) atoms. The maximum absolute atomic E-state index is 13.6. The van der Waals surface area contributed by atoms with Gasteiger partial charge in [-0.3, -0.25) is 0 Å². The van der Waals surface area contributed by atoms with E-state index >= 15 is 0 Å². The van der Waals surface area contributed by atoms with Crippen molar-refractivity contribution >= 4 is 0 Å². The first kappa shape index (κ1) is 15.4. The number of nitrogens with two attached hydrogens (primary N) is 1. The first-order valence-corrected chi connectivity index (χ1v) is 7.29. The zero-order valence-corrected chi connectivity index (χ0v) is 12.1. The van der Waals surface area contributed by atoms with Gasteiger partial charge in [0.25, 0.3) is 0 Å². The Morgan fingerprint density at radius 3 is 2.65 bits per heavy atom. The molecule has 1 aliphatic carbocycles. The summed E-state index contributed by atoms with van der Waals surface area (Å²) in [4.78, 5) is 0. The highest BCUT2D eigenvalue weighted by Gasteiger charge is 2.25. The van der Waals surface area contributed by atoms with Gasteiger partial charge in [-0.1, -0.05) is 19.9 Å². The van der Waals surface area contributed by atoms with E-state index < -0.39 is 17.7 Å². The Morgan fingerprint density at radius 2 is 2.00 bits per heavy atom. The summed E-state index contributed by atoms with van der Waals surface area (Å²) in [7, 11) is 0. The number of halogens is 2. The summed E-state index contributed by atoms with van der Waals surface area (Å²) in [5.74, 6) is 0.187. The molecule has 2 nitrogen and oxygen atoms in total. The van der Waals surface area contributed by atoms with Crippen LogP contribution in [0.1, 0.15) is 44.7 Å². The van der Waals surface area contributed by atoms with Gasteiger partial charge in [-0.2, -0.15) is 0 Å². The largest absolute Gasteiger partial charge is 0.376 e. The average Bonchev–Trinajstić information content (AvgIpc) is 2.40. The second-order valence-electron chi connectivity index (χ2n) is 6.00. The Kier molecular flexibility index (Phi) is 5.11. The van der Waals surface area contributed by atoms with Gasteiger partial charge in [0.15, 0.2) is 0 Å². The second-order valence-corrected chi connectivity index (χ2v) is 6.00. The lowest BCUT2D eigenvalue weighted by Crippen LogP contribution is -2.29. The predicted molar refractivity (Wildman–Crippen MR) is 75.2 cm³/mol. The van der Waals surface area contributed by atoms with Crippen LogP contribution in [0.15, 0.2) is 18.2 Å². The number of rotatable bonds is 4. The highest BCUT2D eigenvalue weighted by Crippen LogP contribution is 2.31. The molecule has 1 fully saturated rings. The van der Waals surface area contributed by atoms with Gasteiger partial charge in [-0.05, 0) is 37.2 Å². The van der Waals surface area contributed by atoms with Gasteiger partial charge in [-0.15, -0.1) is 0 Å². The van der Waals surface area contributed by atoms with Crippen molar-refractivity contribution in [1.29, 1.82) is 0 Å². The number of hydrogen-bond donors (Lipinski definition) is 1. The van der Waals surface area contributed by atoms with Gasteiger partial charge in [0, 0.05) is 11.6 Å². The first-order chi connectivity index (χ1) is 9.47. The van der Waals surface area contributed by atoms with Gasteiger partial charge < -0.3 is 10.5 Å². The normalized spacial score (nSPS) is 28.4. The molecule has 0 saturated heterocycles. The molecule has 0 aromatic heterocycles. The van der Waals surface area contributed by atoms with Crippen molar-refractivity contribution in [3.63, 3.8) is 0 Å². The number of hydrogen-bond acceptors (Lipinski definition) is 2. The lowest BCUT2D eigenvalue weighted by molar-refractivity contribution is -0.00394. The van der Waals surface area contributed by atoms with Gasteiger partial charge in [0.2, 0.25) is 0 Å². The quantitative estimate of drug-likeness (QED) is 0.912. The summed E-state index contributed by atoms with van der Waals surface area (Å²) >= 11 is 0. The van der Waals surface area contributed by atoms with Crippen LogP contribution in [0.25, 0.3) is 0 Å². The molecular weight excluding hydrogens is 260 g/mol. The third-order valence-electron chi connectivity index (χ3n) is 4.42. The molecule has 2 N–H and O–H groups in total. The van der Waals surface area contributed by atoms with Crippen LogP contribution in [0, 0.1) is 23.5 Å². The molecule has 1 aliphatic rings. The molecule has 2 rings (SSSR count).